The molecule has 0 atom stereocenters. The summed E-state index contributed by atoms with van der Waals surface area (Å²) < 4.78 is 24.8. The molecule has 22 heavy (non-hydrogen) atoms. The Morgan fingerprint density at radius 3 is 2.86 bits per heavy atom. The SMILES string of the molecule is Cc1[nH]c2ccccc2c1C(=O)NCCN1CCCS1(=O)=O. The Hall–Kier alpha value is -1.86. The average Bonchev–Trinajstić information content (AvgIpc) is 2.97. The van der Waals surface area contributed by atoms with Gasteiger partial charge in [0, 0.05) is 36.2 Å². The van der Waals surface area contributed by atoms with E-state index >= 15 is 0 Å². The van der Waals surface area contributed by atoms with Gasteiger partial charge in [0.1, 0.15) is 0 Å². The lowest BCUT2D eigenvalue weighted by Crippen LogP contribution is -2.36. The lowest BCUT2D eigenvalue weighted by atomic mass is 10.1. The molecule has 1 aromatic heterocycles. The van der Waals surface area contributed by atoms with E-state index < -0.39 is 10.0 Å². The number of sulfonamides is 1. The van der Waals surface area contributed by atoms with Gasteiger partial charge < -0.3 is 10.3 Å². The van der Waals surface area contributed by atoms with Crippen molar-refractivity contribution < 1.29 is 13.2 Å². The molecule has 1 aromatic carbocycles. The second-order valence-corrected chi connectivity index (χ2v) is 7.58. The molecule has 1 amide bonds. The second-order valence-electron chi connectivity index (χ2n) is 5.50. The fourth-order valence-corrected chi connectivity index (χ4v) is 4.42. The number of amides is 1. The topological polar surface area (TPSA) is 82.3 Å². The molecule has 1 fully saturated rings. The molecular formula is C15H19N3O3S. The van der Waals surface area contributed by atoms with Crippen molar-refractivity contribution in [2.24, 2.45) is 0 Å². The number of nitrogens with zero attached hydrogens (tertiary/aromatic N) is 1. The van der Waals surface area contributed by atoms with Crippen molar-refractivity contribution in [2.75, 3.05) is 25.4 Å². The van der Waals surface area contributed by atoms with Crippen LogP contribution >= 0.6 is 0 Å². The highest BCUT2D eigenvalue weighted by Gasteiger charge is 2.27. The highest BCUT2D eigenvalue weighted by Crippen LogP contribution is 2.21. The number of carbonyl (C=O) groups is 1. The average molecular weight is 321 g/mol. The summed E-state index contributed by atoms with van der Waals surface area (Å²) in [6, 6.07) is 7.63. The highest BCUT2D eigenvalue weighted by atomic mass is 32.2. The van der Waals surface area contributed by atoms with Gasteiger partial charge in [-0.15, -0.1) is 0 Å². The van der Waals surface area contributed by atoms with Crippen LogP contribution in [0.4, 0.5) is 0 Å². The second kappa shape index (κ2) is 5.73. The number of aromatic nitrogens is 1. The van der Waals surface area contributed by atoms with Crippen molar-refractivity contribution in [3.63, 3.8) is 0 Å². The van der Waals surface area contributed by atoms with Gasteiger partial charge in [0.2, 0.25) is 10.0 Å². The largest absolute Gasteiger partial charge is 0.358 e. The van der Waals surface area contributed by atoms with E-state index in [0.717, 1.165) is 16.6 Å². The molecule has 0 aliphatic carbocycles. The quantitative estimate of drug-likeness (QED) is 0.889. The van der Waals surface area contributed by atoms with E-state index in [4.69, 9.17) is 0 Å². The van der Waals surface area contributed by atoms with Crippen LogP contribution in [0.1, 0.15) is 22.5 Å². The zero-order valence-corrected chi connectivity index (χ0v) is 13.2. The maximum absolute atomic E-state index is 12.4. The molecule has 1 aliphatic heterocycles. The van der Waals surface area contributed by atoms with Crippen molar-refractivity contribution >= 4 is 26.8 Å². The fourth-order valence-electron chi connectivity index (χ4n) is 2.89. The number of nitrogens with one attached hydrogen (secondary N) is 2. The van der Waals surface area contributed by atoms with Crippen LogP contribution in [0.25, 0.3) is 10.9 Å². The Balaban J connectivity index is 1.68. The molecule has 0 saturated carbocycles. The molecule has 1 saturated heterocycles. The lowest BCUT2D eigenvalue weighted by Gasteiger charge is -2.14. The molecule has 2 heterocycles. The molecule has 6 nitrogen and oxygen atoms in total. The van der Waals surface area contributed by atoms with E-state index in [1.807, 2.05) is 31.2 Å². The van der Waals surface area contributed by atoms with Gasteiger partial charge in [-0.1, -0.05) is 18.2 Å². The van der Waals surface area contributed by atoms with Gasteiger partial charge in [-0.05, 0) is 19.4 Å². The molecular weight excluding hydrogens is 302 g/mol. The summed E-state index contributed by atoms with van der Waals surface area (Å²) >= 11 is 0. The Morgan fingerprint density at radius 2 is 2.14 bits per heavy atom. The predicted molar refractivity (Wildman–Crippen MR) is 85.3 cm³/mol. The minimum Gasteiger partial charge on any atom is -0.358 e. The summed E-state index contributed by atoms with van der Waals surface area (Å²) in [6.45, 7) is 3.05. The van der Waals surface area contributed by atoms with Crippen LogP contribution in [-0.2, 0) is 10.0 Å². The highest BCUT2D eigenvalue weighted by molar-refractivity contribution is 7.89. The van der Waals surface area contributed by atoms with Crippen LogP contribution in [-0.4, -0.2) is 49.0 Å². The maximum atomic E-state index is 12.4. The first-order valence-electron chi connectivity index (χ1n) is 7.32. The van der Waals surface area contributed by atoms with E-state index in [0.29, 0.717) is 31.6 Å². The zero-order chi connectivity index (χ0) is 15.7. The molecule has 0 unspecified atom stereocenters. The van der Waals surface area contributed by atoms with Crippen molar-refractivity contribution in [3.05, 3.63) is 35.5 Å². The smallest absolute Gasteiger partial charge is 0.253 e. The van der Waals surface area contributed by atoms with Crippen LogP contribution in [0.15, 0.2) is 24.3 Å². The van der Waals surface area contributed by atoms with Gasteiger partial charge in [0.25, 0.3) is 5.91 Å². The number of benzene rings is 1. The van der Waals surface area contributed by atoms with Gasteiger partial charge in [-0.25, -0.2) is 12.7 Å². The van der Waals surface area contributed by atoms with Crippen LogP contribution in [0.5, 0.6) is 0 Å². The third-order valence-corrected chi connectivity index (χ3v) is 5.93. The Morgan fingerprint density at radius 1 is 1.36 bits per heavy atom. The summed E-state index contributed by atoms with van der Waals surface area (Å²) in [7, 11) is -3.11. The number of carbonyl (C=O) groups excluding carboxylic acids is 1. The van der Waals surface area contributed by atoms with E-state index in [2.05, 4.69) is 10.3 Å². The molecule has 0 bridgehead atoms. The summed E-state index contributed by atoms with van der Waals surface area (Å²) in [4.78, 5) is 15.6. The molecule has 2 aromatic rings. The third kappa shape index (κ3) is 2.74. The van der Waals surface area contributed by atoms with Gasteiger partial charge in [-0.3, -0.25) is 4.79 Å². The zero-order valence-electron chi connectivity index (χ0n) is 12.4. The van der Waals surface area contributed by atoms with Crippen molar-refractivity contribution in [2.45, 2.75) is 13.3 Å². The van der Waals surface area contributed by atoms with Crippen LogP contribution in [0.3, 0.4) is 0 Å². The minimum absolute atomic E-state index is 0.174. The summed E-state index contributed by atoms with van der Waals surface area (Å²) in [5.74, 6) is 0.0363. The lowest BCUT2D eigenvalue weighted by molar-refractivity contribution is 0.0953. The minimum atomic E-state index is -3.11. The molecule has 3 rings (SSSR count). The number of hydrogen-bond acceptors (Lipinski definition) is 3. The molecule has 118 valence electrons. The van der Waals surface area contributed by atoms with Crippen LogP contribution < -0.4 is 5.32 Å². The van der Waals surface area contributed by atoms with Gasteiger partial charge >= 0.3 is 0 Å². The van der Waals surface area contributed by atoms with Crippen LogP contribution in [0.2, 0.25) is 0 Å². The van der Waals surface area contributed by atoms with Crippen molar-refractivity contribution in [1.29, 1.82) is 0 Å². The van der Waals surface area contributed by atoms with Crippen molar-refractivity contribution in [1.82, 2.24) is 14.6 Å². The molecule has 0 radical (unpaired) electrons. The number of aromatic amines is 1. The van der Waals surface area contributed by atoms with E-state index in [-0.39, 0.29) is 11.7 Å². The summed E-state index contributed by atoms with van der Waals surface area (Å²) in [6.07, 6.45) is 0.665. The predicted octanol–water partition coefficient (Wildman–Crippen LogP) is 1.24. The first kappa shape index (κ1) is 15.1. The molecule has 2 N–H and O–H groups in total. The van der Waals surface area contributed by atoms with E-state index in [1.54, 1.807) is 0 Å². The maximum Gasteiger partial charge on any atom is 0.253 e. The van der Waals surface area contributed by atoms with Crippen molar-refractivity contribution in [3.8, 4) is 0 Å². The number of aryl methyl sites for hydroxylation is 1. The first-order chi connectivity index (χ1) is 10.5. The third-order valence-electron chi connectivity index (χ3n) is 3.97. The number of rotatable bonds is 4. The molecule has 7 heteroatoms. The monoisotopic (exact) mass is 321 g/mol. The van der Waals surface area contributed by atoms with Crippen LogP contribution in [0, 0.1) is 6.92 Å². The Labute approximate surface area is 129 Å². The van der Waals surface area contributed by atoms with E-state index in [9.17, 15) is 13.2 Å². The first-order valence-corrected chi connectivity index (χ1v) is 8.93. The van der Waals surface area contributed by atoms with Gasteiger partial charge in [0.05, 0.1) is 11.3 Å². The number of fused-ring (bicyclic) bond motifs is 1. The fraction of sp³-hybridized carbons (Fsp3) is 0.400. The summed E-state index contributed by atoms with van der Waals surface area (Å²) in [5, 5.41) is 3.70. The Kier molecular flexibility index (Phi) is 3.92. The Bertz CT molecular complexity index is 811. The molecule has 1 aliphatic rings. The van der Waals surface area contributed by atoms with Gasteiger partial charge in [0.15, 0.2) is 0 Å². The summed E-state index contributed by atoms with van der Waals surface area (Å²) in [5.41, 5.74) is 2.36. The standard InChI is InChI=1S/C15H19N3O3S/c1-11-14(12-5-2-3-6-13(12)17-11)15(19)16-7-9-18-8-4-10-22(18,20)21/h2-3,5-6,17H,4,7-10H2,1H3,(H,16,19). The number of hydrogen-bond donors (Lipinski definition) is 2. The van der Waals surface area contributed by atoms with E-state index in [1.165, 1.54) is 4.31 Å². The van der Waals surface area contributed by atoms with Gasteiger partial charge in [-0.2, -0.15) is 0 Å². The number of H-pyrrole nitrogens is 1. The molecule has 0 spiro atoms. The normalized spacial score (nSPS) is 17.9. The number of para-hydroxylation sites is 1.